The van der Waals surface area contributed by atoms with Gasteiger partial charge >= 0.3 is 0 Å². The fraction of sp³-hybridized carbons (Fsp3) is 0.231. The molecule has 17 heavy (non-hydrogen) atoms. The van der Waals surface area contributed by atoms with E-state index in [4.69, 9.17) is 5.73 Å². The van der Waals surface area contributed by atoms with E-state index in [-0.39, 0.29) is 0 Å². The van der Waals surface area contributed by atoms with Gasteiger partial charge in [-0.2, -0.15) is 0 Å². The molecule has 0 aliphatic heterocycles. The topological polar surface area (TPSA) is 55.0 Å². The fourth-order valence-corrected chi connectivity index (χ4v) is 1.80. The van der Waals surface area contributed by atoms with Gasteiger partial charge in [0.25, 0.3) is 0 Å². The van der Waals surface area contributed by atoms with Crippen LogP contribution >= 0.6 is 0 Å². The third kappa shape index (κ3) is 2.42. The number of rotatable bonds is 4. The molecule has 2 rings (SSSR count). The summed E-state index contributed by atoms with van der Waals surface area (Å²) < 4.78 is 0. The number of hydrogen-bond donors (Lipinski definition) is 1. The van der Waals surface area contributed by atoms with Crippen molar-refractivity contribution in [3.8, 4) is 0 Å². The van der Waals surface area contributed by atoms with Gasteiger partial charge in [0.2, 0.25) is 0 Å². The number of benzene rings is 1. The Morgan fingerprint density at radius 1 is 1.24 bits per heavy atom. The van der Waals surface area contributed by atoms with Crippen LogP contribution < -0.4 is 10.6 Å². The smallest absolute Gasteiger partial charge is 0.140 e. The number of aromatic nitrogens is 2. The van der Waals surface area contributed by atoms with Gasteiger partial charge in [-0.1, -0.05) is 18.2 Å². The molecule has 2 aromatic rings. The maximum absolute atomic E-state index is 5.71. The van der Waals surface area contributed by atoms with E-state index < -0.39 is 0 Å². The molecule has 0 fully saturated rings. The minimum atomic E-state index is 0.444. The highest BCUT2D eigenvalue weighted by Crippen LogP contribution is 2.25. The van der Waals surface area contributed by atoms with Crippen LogP contribution in [-0.4, -0.2) is 16.5 Å². The Hall–Kier alpha value is -1.94. The summed E-state index contributed by atoms with van der Waals surface area (Å²) in [5.74, 6) is 0.885. The lowest BCUT2D eigenvalue weighted by atomic mass is 10.2. The highest BCUT2D eigenvalue weighted by atomic mass is 15.2. The average Bonchev–Trinajstić information content (AvgIpc) is 2.41. The standard InChI is InChI=1S/C13H16N4/c1-2-17(12-6-4-3-5-7-12)13-11(8-14)9-15-10-16-13/h3-7,9-10H,2,8,14H2,1H3. The number of nitrogens with zero attached hydrogens (tertiary/aromatic N) is 3. The molecule has 0 bridgehead atoms. The molecule has 0 aliphatic rings. The minimum Gasteiger partial charge on any atom is -0.326 e. The largest absolute Gasteiger partial charge is 0.326 e. The molecule has 0 unspecified atom stereocenters. The zero-order valence-corrected chi connectivity index (χ0v) is 9.87. The zero-order chi connectivity index (χ0) is 12.1. The minimum absolute atomic E-state index is 0.444. The van der Waals surface area contributed by atoms with Gasteiger partial charge < -0.3 is 10.6 Å². The molecule has 0 aliphatic carbocycles. The number of anilines is 2. The summed E-state index contributed by atoms with van der Waals surface area (Å²) in [5.41, 5.74) is 7.79. The van der Waals surface area contributed by atoms with Gasteiger partial charge in [-0.05, 0) is 19.1 Å². The van der Waals surface area contributed by atoms with Crippen molar-refractivity contribution in [2.45, 2.75) is 13.5 Å². The summed E-state index contributed by atoms with van der Waals surface area (Å²) in [7, 11) is 0. The summed E-state index contributed by atoms with van der Waals surface area (Å²) in [4.78, 5) is 10.5. The van der Waals surface area contributed by atoms with Gasteiger partial charge in [0.1, 0.15) is 12.1 Å². The molecule has 0 spiro atoms. The molecule has 2 N–H and O–H groups in total. The van der Waals surface area contributed by atoms with Crippen LogP contribution in [-0.2, 0) is 6.54 Å². The molecule has 4 heteroatoms. The van der Waals surface area contributed by atoms with Crippen LogP contribution in [0.4, 0.5) is 11.5 Å². The molecule has 0 saturated heterocycles. The highest BCUT2D eigenvalue weighted by molar-refractivity contribution is 5.62. The van der Waals surface area contributed by atoms with Crippen LogP contribution in [0, 0.1) is 0 Å². The van der Waals surface area contributed by atoms with Crippen molar-refractivity contribution < 1.29 is 0 Å². The summed E-state index contributed by atoms with van der Waals surface area (Å²) in [5, 5.41) is 0. The van der Waals surface area contributed by atoms with Crippen LogP contribution in [0.1, 0.15) is 12.5 Å². The summed E-state index contributed by atoms with van der Waals surface area (Å²) in [6, 6.07) is 10.2. The molecular formula is C13H16N4. The molecule has 4 nitrogen and oxygen atoms in total. The molecule has 0 saturated carbocycles. The molecule has 88 valence electrons. The second-order valence-corrected chi connectivity index (χ2v) is 3.66. The summed E-state index contributed by atoms with van der Waals surface area (Å²) >= 11 is 0. The van der Waals surface area contributed by atoms with E-state index in [0.29, 0.717) is 6.54 Å². The van der Waals surface area contributed by atoms with Crippen molar-refractivity contribution in [3.63, 3.8) is 0 Å². The fourth-order valence-electron chi connectivity index (χ4n) is 1.80. The highest BCUT2D eigenvalue weighted by Gasteiger charge is 2.11. The average molecular weight is 228 g/mol. The Bertz CT molecular complexity index is 470. The normalized spacial score (nSPS) is 10.2. The molecule has 1 aromatic heterocycles. The van der Waals surface area contributed by atoms with Gasteiger partial charge in [-0.25, -0.2) is 9.97 Å². The van der Waals surface area contributed by atoms with Gasteiger partial charge in [-0.15, -0.1) is 0 Å². The Balaban J connectivity index is 2.42. The van der Waals surface area contributed by atoms with E-state index in [1.807, 2.05) is 18.2 Å². The van der Waals surface area contributed by atoms with Crippen LogP contribution in [0.15, 0.2) is 42.9 Å². The third-order valence-electron chi connectivity index (χ3n) is 2.62. The Labute approximate surface area is 101 Å². The molecule has 1 aromatic carbocycles. The van der Waals surface area contributed by atoms with Gasteiger partial charge in [-0.3, -0.25) is 0 Å². The molecule has 0 atom stereocenters. The maximum Gasteiger partial charge on any atom is 0.140 e. The first kappa shape index (κ1) is 11.5. The predicted octanol–water partition coefficient (Wildman–Crippen LogP) is 2.09. The van der Waals surface area contributed by atoms with Crippen molar-refractivity contribution in [2.24, 2.45) is 5.73 Å². The molecule has 0 amide bonds. The first-order valence-corrected chi connectivity index (χ1v) is 5.68. The van der Waals surface area contributed by atoms with Crippen molar-refractivity contribution in [1.29, 1.82) is 0 Å². The Kier molecular flexibility index (Phi) is 3.67. The molecule has 1 heterocycles. The van der Waals surface area contributed by atoms with Gasteiger partial charge in [0.05, 0.1) is 0 Å². The van der Waals surface area contributed by atoms with Crippen LogP contribution in [0.3, 0.4) is 0 Å². The lowest BCUT2D eigenvalue weighted by Gasteiger charge is -2.23. The van der Waals surface area contributed by atoms with E-state index in [2.05, 4.69) is 33.9 Å². The predicted molar refractivity (Wildman–Crippen MR) is 69.0 cm³/mol. The quantitative estimate of drug-likeness (QED) is 0.870. The maximum atomic E-state index is 5.71. The van der Waals surface area contributed by atoms with Crippen LogP contribution in [0.25, 0.3) is 0 Å². The van der Waals surface area contributed by atoms with Crippen molar-refractivity contribution in [1.82, 2.24) is 9.97 Å². The second kappa shape index (κ2) is 5.41. The zero-order valence-electron chi connectivity index (χ0n) is 9.87. The van der Waals surface area contributed by atoms with Gasteiger partial charge in [0.15, 0.2) is 0 Å². The van der Waals surface area contributed by atoms with E-state index >= 15 is 0 Å². The lowest BCUT2D eigenvalue weighted by Crippen LogP contribution is -2.20. The van der Waals surface area contributed by atoms with E-state index in [0.717, 1.165) is 23.6 Å². The first-order valence-electron chi connectivity index (χ1n) is 5.68. The third-order valence-corrected chi connectivity index (χ3v) is 2.62. The van der Waals surface area contributed by atoms with Gasteiger partial charge in [0, 0.05) is 30.5 Å². The number of hydrogen-bond acceptors (Lipinski definition) is 4. The molecular weight excluding hydrogens is 212 g/mol. The van der Waals surface area contributed by atoms with Crippen molar-refractivity contribution >= 4 is 11.5 Å². The number of para-hydroxylation sites is 1. The van der Waals surface area contributed by atoms with Crippen LogP contribution in [0.5, 0.6) is 0 Å². The monoisotopic (exact) mass is 228 g/mol. The van der Waals surface area contributed by atoms with Crippen molar-refractivity contribution in [2.75, 3.05) is 11.4 Å². The van der Waals surface area contributed by atoms with Crippen LogP contribution in [0.2, 0.25) is 0 Å². The molecule has 0 radical (unpaired) electrons. The number of nitrogens with two attached hydrogens (primary N) is 1. The van der Waals surface area contributed by atoms with E-state index in [1.54, 1.807) is 12.5 Å². The van der Waals surface area contributed by atoms with E-state index in [1.165, 1.54) is 0 Å². The summed E-state index contributed by atoms with van der Waals surface area (Å²) in [6.45, 7) is 3.38. The Morgan fingerprint density at radius 2 is 2.00 bits per heavy atom. The second-order valence-electron chi connectivity index (χ2n) is 3.66. The van der Waals surface area contributed by atoms with Crippen molar-refractivity contribution in [3.05, 3.63) is 48.4 Å². The Morgan fingerprint density at radius 3 is 2.65 bits per heavy atom. The van der Waals surface area contributed by atoms with E-state index in [9.17, 15) is 0 Å². The SMILES string of the molecule is CCN(c1ccccc1)c1ncncc1CN. The first-order chi connectivity index (χ1) is 8.36. The lowest BCUT2D eigenvalue weighted by molar-refractivity contribution is 0.928. The summed E-state index contributed by atoms with van der Waals surface area (Å²) in [6.07, 6.45) is 3.33.